The molecule has 0 amide bonds. The van der Waals surface area contributed by atoms with E-state index < -0.39 is 0 Å². The Morgan fingerprint density at radius 1 is 1.15 bits per heavy atom. The number of ketones is 1. The number of hydrogen-bond donors (Lipinski definition) is 0. The van der Waals surface area contributed by atoms with Crippen molar-refractivity contribution < 1.29 is 4.79 Å². The highest BCUT2D eigenvalue weighted by molar-refractivity contribution is 5.78. The molecule has 0 radical (unpaired) electrons. The molecule has 13 heavy (non-hydrogen) atoms. The van der Waals surface area contributed by atoms with Crippen molar-refractivity contribution in [1.29, 1.82) is 0 Å². The van der Waals surface area contributed by atoms with Gasteiger partial charge in [-0.05, 0) is 18.3 Å². The Kier molecular flexibility index (Phi) is 6.02. The van der Waals surface area contributed by atoms with E-state index in [4.69, 9.17) is 0 Å². The topological polar surface area (TPSA) is 17.1 Å². The van der Waals surface area contributed by atoms with Gasteiger partial charge in [0, 0.05) is 12.8 Å². The third-order valence-corrected chi connectivity index (χ3v) is 2.85. The van der Waals surface area contributed by atoms with E-state index in [-0.39, 0.29) is 0 Å². The summed E-state index contributed by atoms with van der Waals surface area (Å²) in [5.41, 5.74) is 0.349. The van der Waals surface area contributed by atoms with Crippen LogP contribution in [0.1, 0.15) is 66.2 Å². The number of rotatable bonds is 7. The fourth-order valence-corrected chi connectivity index (χ4v) is 1.15. The van der Waals surface area contributed by atoms with Gasteiger partial charge in [0.2, 0.25) is 0 Å². The maximum absolute atomic E-state index is 11.4. The van der Waals surface area contributed by atoms with Crippen molar-refractivity contribution in [2.75, 3.05) is 0 Å². The van der Waals surface area contributed by atoms with E-state index in [1.807, 2.05) is 0 Å². The van der Waals surface area contributed by atoms with Crippen LogP contribution in [0.5, 0.6) is 0 Å². The minimum Gasteiger partial charge on any atom is -0.300 e. The monoisotopic (exact) mass is 184 g/mol. The van der Waals surface area contributed by atoms with E-state index in [0.29, 0.717) is 11.2 Å². The number of carbonyl (C=O) groups is 1. The fraction of sp³-hybridized carbons (Fsp3) is 0.917. The lowest BCUT2D eigenvalue weighted by Crippen LogP contribution is -2.12. The largest absolute Gasteiger partial charge is 0.300 e. The van der Waals surface area contributed by atoms with Gasteiger partial charge in [-0.3, -0.25) is 4.79 Å². The Bertz CT molecular complexity index is 147. The first-order valence-corrected chi connectivity index (χ1v) is 5.53. The lowest BCUT2D eigenvalue weighted by Gasteiger charge is -2.21. The number of carbonyl (C=O) groups excluding carboxylic acids is 1. The van der Waals surface area contributed by atoms with Crippen LogP contribution in [0.2, 0.25) is 0 Å². The third-order valence-electron chi connectivity index (χ3n) is 2.85. The molecule has 0 spiro atoms. The van der Waals surface area contributed by atoms with Crippen molar-refractivity contribution in [1.82, 2.24) is 0 Å². The Balaban J connectivity index is 3.57. The Labute approximate surface area is 82.9 Å². The Morgan fingerprint density at radius 2 is 1.77 bits per heavy atom. The first-order valence-electron chi connectivity index (χ1n) is 5.53. The molecule has 0 aromatic carbocycles. The molecule has 0 saturated carbocycles. The minimum atomic E-state index is 0.349. The van der Waals surface area contributed by atoms with E-state index in [2.05, 4.69) is 27.7 Å². The highest BCUT2D eigenvalue weighted by Crippen LogP contribution is 2.26. The molecule has 0 fully saturated rings. The molecule has 0 unspecified atom stereocenters. The third kappa shape index (κ3) is 6.80. The van der Waals surface area contributed by atoms with Gasteiger partial charge in [0.15, 0.2) is 0 Å². The molecule has 78 valence electrons. The normalized spacial score (nSPS) is 11.7. The van der Waals surface area contributed by atoms with Gasteiger partial charge >= 0.3 is 0 Å². The summed E-state index contributed by atoms with van der Waals surface area (Å²) in [6.07, 6.45) is 5.96. The molecule has 0 bridgehead atoms. The molecule has 0 saturated heterocycles. The maximum Gasteiger partial charge on any atom is 0.132 e. The highest BCUT2D eigenvalue weighted by Gasteiger charge is 2.16. The zero-order chi connectivity index (χ0) is 10.3. The van der Waals surface area contributed by atoms with Crippen molar-refractivity contribution in [2.24, 2.45) is 5.41 Å². The second kappa shape index (κ2) is 6.17. The molecule has 0 rings (SSSR count). The average molecular weight is 184 g/mol. The lowest BCUT2D eigenvalue weighted by molar-refractivity contribution is -0.119. The van der Waals surface area contributed by atoms with Gasteiger partial charge in [-0.15, -0.1) is 0 Å². The summed E-state index contributed by atoms with van der Waals surface area (Å²) in [6.45, 7) is 8.79. The summed E-state index contributed by atoms with van der Waals surface area (Å²) in [7, 11) is 0. The molecule has 0 aromatic rings. The summed E-state index contributed by atoms with van der Waals surface area (Å²) in [4.78, 5) is 11.4. The molecular formula is C12H24O. The predicted molar refractivity (Wildman–Crippen MR) is 57.8 cm³/mol. The van der Waals surface area contributed by atoms with Gasteiger partial charge < -0.3 is 0 Å². The molecule has 0 atom stereocenters. The zero-order valence-electron chi connectivity index (χ0n) is 9.65. The molecule has 0 aliphatic heterocycles. The van der Waals surface area contributed by atoms with Gasteiger partial charge in [0.05, 0.1) is 0 Å². The highest BCUT2D eigenvalue weighted by atomic mass is 16.1. The molecule has 0 aromatic heterocycles. The predicted octanol–water partition coefficient (Wildman–Crippen LogP) is 3.96. The van der Waals surface area contributed by atoms with Crippen molar-refractivity contribution in [3.8, 4) is 0 Å². The van der Waals surface area contributed by atoms with E-state index >= 15 is 0 Å². The van der Waals surface area contributed by atoms with E-state index in [9.17, 15) is 4.79 Å². The van der Waals surface area contributed by atoms with Crippen LogP contribution in [0, 0.1) is 5.41 Å². The summed E-state index contributed by atoms with van der Waals surface area (Å²) in [5, 5.41) is 0. The summed E-state index contributed by atoms with van der Waals surface area (Å²) < 4.78 is 0. The molecule has 0 aliphatic carbocycles. The zero-order valence-corrected chi connectivity index (χ0v) is 9.65. The van der Waals surface area contributed by atoms with Gasteiger partial charge in [-0.1, -0.05) is 40.5 Å². The average Bonchev–Trinajstić information content (AvgIpc) is 2.11. The second-order valence-electron chi connectivity index (χ2n) is 4.66. The van der Waals surface area contributed by atoms with Crippen LogP contribution in [-0.2, 0) is 4.79 Å². The lowest BCUT2D eigenvalue weighted by atomic mass is 9.84. The molecular weight excluding hydrogens is 160 g/mol. The summed E-state index contributed by atoms with van der Waals surface area (Å²) >= 11 is 0. The van der Waals surface area contributed by atoms with Gasteiger partial charge in [-0.25, -0.2) is 0 Å². The van der Waals surface area contributed by atoms with E-state index in [0.717, 1.165) is 38.5 Å². The first kappa shape index (κ1) is 12.7. The van der Waals surface area contributed by atoms with E-state index in [1.54, 1.807) is 0 Å². The molecule has 0 aliphatic rings. The van der Waals surface area contributed by atoms with Crippen molar-refractivity contribution >= 4 is 5.78 Å². The second-order valence-corrected chi connectivity index (χ2v) is 4.66. The first-order chi connectivity index (χ1) is 6.02. The number of Topliss-reactive ketones (excluding diaryl/α,β-unsaturated/α-hetero) is 1. The van der Waals surface area contributed by atoms with Crippen molar-refractivity contribution in [3.63, 3.8) is 0 Å². The Hall–Kier alpha value is -0.330. The molecule has 1 heteroatoms. The Morgan fingerprint density at radius 3 is 2.23 bits per heavy atom. The van der Waals surface area contributed by atoms with Crippen LogP contribution in [-0.4, -0.2) is 5.78 Å². The standard InChI is InChI=1S/C12H24O/c1-5-7-8-11(13)9-10-12(3,4)6-2/h5-10H2,1-4H3. The van der Waals surface area contributed by atoms with Crippen LogP contribution >= 0.6 is 0 Å². The number of unbranched alkanes of at least 4 members (excludes halogenated alkanes) is 1. The van der Waals surface area contributed by atoms with Crippen LogP contribution in [0.3, 0.4) is 0 Å². The SMILES string of the molecule is CCCCC(=O)CCC(C)(C)CC. The van der Waals surface area contributed by atoms with E-state index in [1.165, 1.54) is 0 Å². The number of hydrogen-bond acceptors (Lipinski definition) is 1. The van der Waals surface area contributed by atoms with Crippen LogP contribution in [0.25, 0.3) is 0 Å². The van der Waals surface area contributed by atoms with Gasteiger partial charge in [0.25, 0.3) is 0 Å². The van der Waals surface area contributed by atoms with Crippen LogP contribution in [0.15, 0.2) is 0 Å². The van der Waals surface area contributed by atoms with Gasteiger partial charge in [0.1, 0.15) is 5.78 Å². The van der Waals surface area contributed by atoms with Gasteiger partial charge in [-0.2, -0.15) is 0 Å². The quantitative estimate of drug-likeness (QED) is 0.585. The van der Waals surface area contributed by atoms with Crippen molar-refractivity contribution in [3.05, 3.63) is 0 Å². The fourth-order valence-electron chi connectivity index (χ4n) is 1.15. The summed E-state index contributed by atoms with van der Waals surface area (Å²) in [5.74, 6) is 0.448. The molecule has 1 nitrogen and oxygen atoms in total. The smallest absolute Gasteiger partial charge is 0.132 e. The maximum atomic E-state index is 11.4. The molecule has 0 N–H and O–H groups in total. The molecule has 0 heterocycles. The van der Waals surface area contributed by atoms with Crippen LogP contribution < -0.4 is 0 Å². The van der Waals surface area contributed by atoms with Crippen LogP contribution in [0.4, 0.5) is 0 Å². The van der Waals surface area contributed by atoms with Crippen molar-refractivity contribution in [2.45, 2.75) is 66.2 Å². The minimum absolute atomic E-state index is 0.349. The summed E-state index contributed by atoms with van der Waals surface area (Å²) in [6, 6.07) is 0.